The first-order valence-corrected chi connectivity index (χ1v) is 5.27. The number of nitrogens with zero attached hydrogens (tertiary/aromatic N) is 1. The number of hydrogen-bond acceptors (Lipinski definition) is 2. The Morgan fingerprint density at radius 2 is 2.07 bits per heavy atom. The zero-order valence-corrected chi connectivity index (χ0v) is 8.83. The zero-order valence-electron chi connectivity index (χ0n) is 8.83. The average Bonchev–Trinajstić information content (AvgIpc) is 2.19. The van der Waals surface area contributed by atoms with Crippen molar-refractivity contribution in [3.05, 3.63) is 12.2 Å². The Morgan fingerprint density at radius 1 is 1.50 bits per heavy atom. The van der Waals surface area contributed by atoms with Gasteiger partial charge in [0.25, 0.3) is 0 Å². The number of rotatable bonds is 4. The van der Waals surface area contributed by atoms with Gasteiger partial charge in [0.2, 0.25) is 0 Å². The minimum Gasteiger partial charge on any atom is -0.478 e. The summed E-state index contributed by atoms with van der Waals surface area (Å²) in [5, 5.41) is 8.68. The Bertz CT molecular complexity index is 217. The van der Waals surface area contributed by atoms with Crippen molar-refractivity contribution in [3.8, 4) is 0 Å². The maximum atomic E-state index is 10.6. The normalized spacial score (nSPS) is 19.5. The van der Waals surface area contributed by atoms with Crippen molar-refractivity contribution < 1.29 is 9.90 Å². The lowest BCUT2D eigenvalue weighted by Crippen LogP contribution is -2.35. The lowest BCUT2D eigenvalue weighted by molar-refractivity contribution is -0.132. The van der Waals surface area contributed by atoms with Gasteiger partial charge in [-0.2, -0.15) is 0 Å². The summed E-state index contributed by atoms with van der Waals surface area (Å²) in [7, 11) is 0. The first kappa shape index (κ1) is 11.2. The molecule has 0 spiro atoms. The second-order valence-electron chi connectivity index (χ2n) is 4.04. The van der Waals surface area contributed by atoms with Crippen LogP contribution in [0.1, 0.15) is 26.2 Å². The number of piperidine rings is 1. The Morgan fingerprint density at radius 3 is 2.50 bits per heavy atom. The van der Waals surface area contributed by atoms with Gasteiger partial charge in [-0.05, 0) is 31.8 Å². The Kier molecular flexibility index (Phi) is 4.14. The standard InChI is InChI=1S/C11H19NO2/c1-3-10-4-6-12(7-5-10)8-9(2)11(13)14/h10H,2-8H2,1H3,(H,13,14). The molecule has 0 atom stereocenters. The molecule has 0 amide bonds. The molecule has 80 valence electrons. The van der Waals surface area contributed by atoms with E-state index in [2.05, 4.69) is 18.4 Å². The third-order valence-electron chi connectivity index (χ3n) is 3.00. The molecule has 0 aromatic heterocycles. The molecule has 3 heteroatoms. The van der Waals surface area contributed by atoms with Crippen molar-refractivity contribution in [2.45, 2.75) is 26.2 Å². The van der Waals surface area contributed by atoms with Crippen LogP contribution in [0.3, 0.4) is 0 Å². The molecule has 1 aliphatic heterocycles. The van der Waals surface area contributed by atoms with Gasteiger partial charge in [0.1, 0.15) is 0 Å². The van der Waals surface area contributed by atoms with Crippen LogP contribution >= 0.6 is 0 Å². The summed E-state index contributed by atoms with van der Waals surface area (Å²) in [4.78, 5) is 12.8. The van der Waals surface area contributed by atoms with Crippen LogP contribution in [0.2, 0.25) is 0 Å². The van der Waals surface area contributed by atoms with Crippen LogP contribution in [0, 0.1) is 5.92 Å². The molecule has 0 bridgehead atoms. The van der Waals surface area contributed by atoms with Gasteiger partial charge in [-0.3, -0.25) is 4.90 Å². The Labute approximate surface area is 85.4 Å². The van der Waals surface area contributed by atoms with E-state index in [0.717, 1.165) is 19.0 Å². The van der Waals surface area contributed by atoms with Crippen LogP contribution in [0.5, 0.6) is 0 Å². The van der Waals surface area contributed by atoms with E-state index < -0.39 is 5.97 Å². The topological polar surface area (TPSA) is 40.5 Å². The Hall–Kier alpha value is -0.830. The molecule has 0 aromatic rings. The van der Waals surface area contributed by atoms with Gasteiger partial charge in [0.05, 0.1) is 0 Å². The second-order valence-corrected chi connectivity index (χ2v) is 4.04. The molecule has 14 heavy (non-hydrogen) atoms. The molecule has 1 saturated heterocycles. The van der Waals surface area contributed by atoms with E-state index in [1.807, 2.05) is 0 Å². The van der Waals surface area contributed by atoms with E-state index in [1.54, 1.807) is 0 Å². The molecule has 0 aromatic carbocycles. The fourth-order valence-corrected chi connectivity index (χ4v) is 1.89. The molecule has 0 saturated carbocycles. The maximum absolute atomic E-state index is 10.6. The van der Waals surface area contributed by atoms with Crippen LogP contribution in [0.15, 0.2) is 12.2 Å². The van der Waals surface area contributed by atoms with E-state index in [0.29, 0.717) is 12.1 Å². The molecule has 1 N–H and O–H groups in total. The summed E-state index contributed by atoms with van der Waals surface area (Å²) >= 11 is 0. The highest BCUT2D eigenvalue weighted by Gasteiger charge is 2.19. The number of carboxylic acids is 1. The summed E-state index contributed by atoms with van der Waals surface area (Å²) in [6, 6.07) is 0. The first-order valence-electron chi connectivity index (χ1n) is 5.27. The second kappa shape index (κ2) is 5.15. The van der Waals surface area contributed by atoms with Gasteiger partial charge in [-0.15, -0.1) is 0 Å². The molecule has 3 nitrogen and oxygen atoms in total. The summed E-state index contributed by atoms with van der Waals surface area (Å²) in [5.41, 5.74) is 0.306. The third kappa shape index (κ3) is 3.14. The smallest absolute Gasteiger partial charge is 0.332 e. The number of likely N-dealkylation sites (tertiary alicyclic amines) is 1. The van der Waals surface area contributed by atoms with Crippen LogP contribution in [0.25, 0.3) is 0 Å². The lowest BCUT2D eigenvalue weighted by Gasteiger charge is -2.31. The highest BCUT2D eigenvalue weighted by atomic mass is 16.4. The fourth-order valence-electron chi connectivity index (χ4n) is 1.89. The van der Waals surface area contributed by atoms with Gasteiger partial charge in [0.15, 0.2) is 0 Å². The molecule has 1 rings (SSSR count). The van der Waals surface area contributed by atoms with E-state index >= 15 is 0 Å². The van der Waals surface area contributed by atoms with E-state index in [1.165, 1.54) is 19.3 Å². The molecule has 1 heterocycles. The predicted octanol–water partition coefficient (Wildman–Crippen LogP) is 1.75. The van der Waals surface area contributed by atoms with Crippen LogP contribution < -0.4 is 0 Å². The third-order valence-corrected chi connectivity index (χ3v) is 3.00. The molecule has 0 unspecified atom stereocenters. The largest absolute Gasteiger partial charge is 0.478 e. The fraction of sp³-hybridized carbons (Fsp3) is 0.727. The number of hydrogen-bond donors (Lipinski definition) is 1. The number of carbonyl (C=O) groups is 1. The van der Waals surface area contributed by atoms with Crippen LogP contribution in [0.4, 0.5) is 0 Å². The van der Waals surface area contributed by atoms with Crippen molar-refractivity contribution in [3.63, 3.8) is 0 Å². The average molecular weight is 197 g/mol. The SMILES string of the molecule is C=C(CN1CCC(CC)CC1)C(=O)O. The van der Waals surface area contributed by atoms with E-state index in [-0.39, 0.29) is 0 Å². The highest BCUT2D eigenvalue weighted by molar-refractivity contribution is 5.86. The number of aliphatic carboxylic acids is 1. The molecule has 0 aliphatic carbocycles. The van der Waals surface area contributed by atoms with E-state index in [4.69, 9.17) is 5.11 Å². The van der Waals surface area contributed by atoms with Crippen molar-refractivity contribution in [2.24, 2.45) is 5.92 Å². The summed E-state index contributed by atoms with van der Waals surface area (Å²) in [5.74, 6) is -0.0352. The van der Waals surface area contributed by atoms with Crippen molar-refractivity contribution in [1.29, 1.82) is 0 Å². The van der Waals surface area contributed by atoms with Crippen molar-refractivity contribution >= 4 is 5.97 Å². The van der Waals surface area contributed by atoms with Gasteiger partial charge in [-0.25, -0.2) is 4.79 Å². The monoisotopic (exact) mass is 197 g/mol. The number of carboxylic acid groups (broad SMARTS) is 1. The minimum absolute atomic E-state index is 0.306. The summed E-state index contributed by atoms with van der Waals surface area (Å²) < 4.78 is 0. The predicted molar refractivity (Wildman–Crippen MR) is 56.2 cm³/mol. The highest BCUT2D eigenvalue weighted by Crippen LogP contribution is 2.20. The molecule has 1 fully saturated rings. The van der Waals surface area contributed by atoms with Crippen LogP contribution in [-0.2, 0) is 4.79 Å². The molecule has 0 radical (unpaired) electrons. The van der Waals surface area contributed by atoms with Crippen molar-refractivity contribution in [1.82, 2.24) is 4.90 Å². The summed E-state index contributed by atoms with van der Waals surface area (Å²) in [6.07, 6.45) is 3.64. The zero-order chi connectivity index (χ0) is 10.6. The van der Waals surface area contributed by atoms with Gasteiger partial charge >= 0.3 is 5.97 Å². The first-order chi connectivity index (χ1) is 6.63. The van der Waals surface area contributed by atoms with Crippen molar-refractivity contribution in [2.75, 3.05) is 19.6 Å². The van der Waals surface area contributed by atoms with Gasteiger partial charge < -0.3 is 5.11 Å². The minimum atomic E-state index is -0.873. The maximum Gasteiger partial charge on any atom is 0.332 e. The molecular formula is C11H19NO2. The summed E-state index contributed by atoms with van der Waals surface area (Å²) in [6.45, 7) is 8.32. The lowest BCUT2D eigenvalue weighted by atomic mass is 9.94. The molecular weight excluding hydrogens is 178 g/mol. The van der Waals surface area contributed by atoms with Gasteiger partial charge in [-0.1, -0.05) is 19.9 Å². The quantitative estimate of drug-likeness (QED) is 0.698. The Balaban J connectivity index is 2.29. The van der Waals surface area contributed by atoms with Crippen LogP contribution in [-0.4, -0.2) is 35.6 Å². The van der Waals surface area contributed by atoms with E-state index in [9.17, 15) is 4.79 Å². The van der Waals surface area contributed by atoms with Gasteiger partial charge in [0, 0.05) is 12.1 Å². The molecule has 1 aliphatic rings.